The van der Waals surface area contributed by atoms with Gasteiger partial charge < -0.3 is 15.2 Å². The van der Waals surface area contributed by atoms with Gasteiger partial charge in [-0.05, 0) is 18.2 Å². The fraction of sp³-hybridized carbons (Fsp3) is 0.222. The molecule has 2 rings (SSSR count). The van der Waals surface area contributed by atoms with Crippen molar-refractivity contribution in [2.24, 2.45) is 4.99 Å². The maximum absolute atomic E-state index is 10.8. The number of nitrogens with one attached hydrogen (secondary N) is 2. The van der Waals surface area contributed by atoms with Crippen molar-refractivity contribution in [3.8, 4) is 0 Å². The fourth-order valence-electron chi connectivity index (χ4n) is 1.30. The van der Waals surface area contributed by atoms with Crippen LogP contribution in [0.2, 0.25) is 0 Å². The highest BCUT2D eigenvalue weighted by atomic mass is 32.2. The third-order valence-corrected chi connectivity index (χ3v) is 2.63. The van der Waals surface area contributed by atoms with E-state index in [0.29, 0.717) is 10.9 Å². The van der Waals surface area contributed by atoms with E-state index in [-0.39, 0.29) is 0 Å². The van der Waals surface area contributed by atoms with Crippen molar-refractivity contribution in [2.45, 2.75) is 4.90 Å². The molecule has 1 heterocycles. The zero-order chi connectivity index (χ0) is 10.7. The lowest BCUT2D eigenvalue weighted by molar-refractivity contribution is 0.564. The Morgan fingerprint density at radius 2 is 2.40 bits per heavy atom. The fourth-order valence-corrected chi connectivity index (χ4v) is 1.72. The van der Waals surface area contributed by atoms with Crippen LogP contribution in [-0.2, 0) is 11.1 Å². The van der Waals surface area contributed by atoms with E-state index in [1.54, 1.807) is 18.2 Å². The molecular weight excluding hydrogens is 214 g/mol. The molecule has 0 fully saturated rings. The van der Waals surface area contributed by atoms with E-state index in [0.717, 1.165) is 18.8 Å². The Hall–Kier alpha value is -1.40. The lowest BCUT2D eigenvalue weighted by Gasteiger charge is -2.06. The third-order valence-electron chi connectivity index (χ3n) is 1.97. The van der Waals surface area contributed by atoms with Gasteiger partial charge in [-0.15, -0.1) is 0 Å². The summed E-state index contributed by atoms with van der Waals surface area (Å²) in [5.41, 5.74) is 0.753. The van der Waals surface area contributed by atoms with E-state index in [1.807, 2.05) is 6.07 Å². The van der Waals surface area contributed by atoms with Crippen LogP contribution in [0.25, 0.3) is 0 Å². The van der Waals surface area contributed by atoms with Gasteiger partial charge in [-0.25, -0.2) is 4.21 Å². The Morgan fingerprint density at radius 1 is 1.53 bits per heavy atom. The molecule has 1 unspecified atom stereocenters. The number of hydrogen-bond acceptors (Lipinski definition) is 4. The maximum atomic E-state index is 10.8. The van der Waals surface area contributed by atoms with E-state index in [9.17, 15) is 4.21 Å². The van der Waals surface area contributed by atoms with Crippen molar-refractivity contribution < 1.29 is 8.76 Å². The van der Waals surface area contributed by atoms with Crippen molar-refractivity contribution in [1.82, 2.24) is 5.32 Å². The predicted molar refractivity (Wildman–Crippen MR) is 59.4 cm³/mol. The minimum atomic E-state index is -1.94. The molecule has 80 valence electrons. The highest BCUT2D eigenvalue weighted by Gasteiger charge is 2.06. The van der Waals surface area contributed by atoms with E-state index in [1.165, 1.54) is 0 Å². The van der Waals surface area contributed by atoms with Gasteiger partial charge in [-0.1, -0.05) is 6.07 Å². The minimum absolute atomic E-state index is 0.374. The minimum Gasteiger partial charge on any atom is -0.354 e. The highest BCUT2D eigenvalue weighted by Crippen LogP contribution is 2.13. The van der Waals surface area contributed by atoms with Crippen molar-refractivity contribution >= 4 is 22.7 Å². The van der Waals surface area contributed by atoms with Crippen molar-refractivity contribution in [3.05, 3.63) is 24.3 Å². The van der Waals surface area contributed by atoms with Crippen LogP contribution in [0.4, 0.5) is 5.69 Å². The van der Waals surface area contributed by atoms with Crippen molar-refractivity contribution in [2.75, 3.05) is 18.4 Å². The molecule has 1 aliphatic rings. The first-order valence-electron chi connectivity index (χ1n) is 4.52. The summed E-state index contributed by atoms with van der Waals surface area (Å²) in [5.74, 6) is 0.705. The Bertz CT molecular complexity index is 420. The van der Waals surface area contributed by atoms with Gasteiger partial charge in [0.05, 0.1) is 11.4 Å². The Balaban J connectivity index is 2.14. The Kier molecular flexibility index (Phi) is 2.98. The summed E-state index contributed by atoms with van der Waals surface area (Å²) in [4.78, 5) is 4.54. The zero-order valence-corrected chi connectivity index (χ0v) is 8.75. The maximum Gasteiger partial charge on any atom is 0.195 e. The van der Waals surface area contributed by atoms with E-state index < -0.39 is 11.1 Å². The molecule has 6 heteroatoms. The molecule has 0 saturated heterocycles. The number of benzene rings is 1. The average molecular weight is 225 g/mol. The van der Waals surface area contributed by atoms with Crippen LogP contribution in [0.15, 0.2) is 34.2 Å². The molecule has 5 nitrogen and oxygen atoms in total. The molecule has 0 spiro atoms. The highest BCUT2D eigenvalue weighted by molar-refractivity contribution is 7.79. The average Bonchev–Trinajstić information content (AvgIpc) is 2.71. The number of anilines is 1. The summed E-state index contributed by atoms with van der Waals surface area (Å²) < 4.78 is 19.7. The second-order valence-electron chi connectivity index (χ2n) is 3.06. The summed E-state index contributed by atoms with van der Waals surface area (Å²) in [5, 5.41) is 6.08. The molecule has 0 radical (unpaired) electrons. The molecule has 0 aromatic heterocycles. The molecule has 0 aliphatic carbocycles. The van der Waals surface area contributed by atoms with Gasteiger partial charge in [-0.3, -0.25) is 4.99 Å². The van der Waals surface area contributed by atoms with Crippen LogP contribution >= 0.6 is 0 Å². The van der Waals surface area contributed by atoms with Gasteiger partial charge >= 0.3 is 0 Å². The monoisotopic (exact) mass is 225 g/mol. The first-order chi connectivity index (χ1) is 7.25. The molecule has 3 N–H and O–H groups in total. The van der Waals surface area contributed by atoms with E-state index in [4.69, 9.17) is 4.55 Å². The molecule has 15 heavy (non-hydrogen) atoms. The SMILES string of the molecule is O=S(O)c1cccc(NC2=NCCN2)c1. The van der Waals surface area contributed by atoms with Crippen LogP contribution in [-0.4, -0.2) is 27.8 Å². The van der Waals surface area contributed by atoms with Gasteiger partial charge in [0, 0.05) is 12.2 Å². The van der Waals surface area contributed by atoms with Crippen molar-refractivity contribution in [3.63, 3.8) is 0 Å². The normalized spacial score (nSPS) is 16.7. The van der Waals surface area contributed by atoms with E-state index in [2.05, 4.69) is 15.6 Å². The van der Waals surface area contributed by atoms with Gasteiger partial charge in [-0.2, -0.15) is 0 Å². The van der Waals surface area contributed by atoms with Crippen LogP contribution < -0.4 is 10.6 Å². The standard InChI is InChI=1S/C9H11N3O2S/c13-15(14)8-3-1-2-7(6-8)12-9-10-4-5-11-9/h1-3,6H,4-5H2,(H,13,14)(H2,10,11,12). The van der Waals surface area contributed by atoms with Crippen LogP contribution in [0.5, 0.6) is 0 Å². The van der Waals surface area contributed by atoms with Crippen LogP contribution in [0, 0.1) is 0 Å². The Labute approximate surface area is 89.9 Å². The largest absolute Gasteiger partial charge is 0.354 e. The number of rotatable bonds is 2. The number of guanidine groups is 1. The molecule has 0 amide bonds. The lowest BCUT2D eigenvalue weighted by Crippen LogP contribution is -2.26. The van der Waals surface area contributed by atoms with Crippen molar-refractivity contribution in [1.29, 1.82) is 0 Å². The second-order valence-corrected chi connectivity index (χ2v) is 4.03. The van der Waals surface area contributed by atoms with E-state index >= 15 is 0 Å². The lowest BCUT2D eigenvalue weighted by atomic mass is 10.3. The van der Waals surface area contributed by atoms with Gasteiger partial charge in [0.2, 0.25) is 0 Å². The van der Waals surface area contributed by atoms with Crippen LogP contribution in [0.1, 0.15) is 0 Å². The third kappa shape index (κ3) is 2.54. The summed E-state index contributed by atoms with van der Waals surface area (Å²) in [6.45, 7) is 1.59. The first-order valence-corrected chi connectivity index (χ1v) is 5.62. The molecule has 1 aromatic carbocycles. The summed E-state index contributed by atoms with van der Waals surface area (Å²) in [6, 6.07) is 6.77. The van der Waals surface area contributed by atoms with Gasteiger partial charge in [0.15, 0.2) is 17.0 Å². The summed E-state index contributed by atoms with van der Waals surface area (Å²) >= 11 is -1.94. The van der Waals surface area contributed by atoms with Gasteiger partial charge in [0.25, 0.3) is 0 Å². The summed E-state index contributed by atoms with van der Waals surface area (Å²) in [7, 11) is 0. The molecule has 1 atom stereocenters. The number of hydrogen-bond donors (Lipinski definition) is 3. The van der Waals surface area contributed by atoms with Crippen LogP contribution in [0.3, 0.4) is 0 Å². The quantitative estimate of drug-likeness (QED) is 0.646. The molecule has 1 aliphatic heterocycles. The predicted octanol–water partition coefficient (Wildman–Crippen LogP) is 0.638. The molecule has 1 aromatic rings. The second kappa shape index (κ2) is 4.41. The first kappa shape index (κ1) is 10.1. The number of nitrogens with zero attached hydrogens (tertiary/aromatic N) is 1. The number of aliphatic imine (C=N–C) groups is 1. The smallest absolute Gasteiger partial charge is 0.195 e. The Morgan fingerprint density at radius 3 is 3.07 bits per heavy atom. The zero-order valence-electron chi connectivity index (χ0n) is 7.93. The molecule has 0 saturated carbocycles. The molecular formula is C9H11N3O2S. The molecule has 0 bridgehead atoms. The van der Waals surface area contributed by atoms with Gasteiger partial charge in [0.1, 0.15) is 0 Å². The summed E-state index contributed by atoms with van der Waals surface area (Å²) in [6.07, 6.45) is 0. The topological polar surface area (TPSA) is 73.7 Å².